The zero-order chi connectivity index (χ0) is 101. The van der Waals surface area contributed by atoms with E-state index in [0.717, 1.165) is 76.8 Å². The number of nitrogens with zero attached hydrogens (tertiary/aromatic N) is 6. The van der Waals surface area contributed by atoms with Gasteiger partial charge in [0.15, 0.2) is 11.6 Å². The number of ketones is 5. The summed E-state index contributed by atoms with van der Waals surface area (Å²) in [6.45, 7) is 25.3. The average Bonchev–Trinajstić information content (AvgIpc) is 1.67. The minimum Gasteiger partial charge on any atom is -0.481 e. The Morgan fingerprint density at radius 1 is 0.453 bits per heavy atom. The molecule has 740 valence electrons. The van der Waals surface area contributed by atoms with Crippen LogP contribution in [0.3, 0.4) is 0 Å². The number of carbonyl (C=O) groups excluding carboxylic acids is 9. The number of likely N-dealkylation sites (tertiary alicyclic amines) is 2. The lowest BCUT2D eigenvalue weighted by atomic mass is 9.76. The number of carbonyl (C=O) groups is 10. The van der Waals surface area contributed by atoms with Gasteiger partial charge in [-0.1, -0.05) is 162 Å². The Labute approximate surface area is 830 Å². The van der Waals surface area contributed by atoms with Crippen molar-refractivity contribution in [2.45, 2.75) is 209 Å². The van der Waals surface area contributed by atoms with Crippen molar-refractivity contribution in [3.05, 3.63) is 258 Å². The molecular weight excluding hydrogens is 1850 g/mol. The second kappa shape index (κ2) is 53.2. The van der Waals surface area contributed by atoms with Crippen LogP contribution in [0.2, 0.25) is 10.0 Å². The number of thiazole rings is 2. The van der Waals surface area contributed by atoms with Gasteiger partial charge in [0.2, 0.25) is 23.6 Å². The van der Waals surface area contributed by atoms with Crippen molar-refractivity contribution >= 4 is 104 Å². The third-order valence-electron chi connectivity index (χ3n) is 23.8. The van der Waals surface area contributed by atoms with E-state index in [9.17, 15) is 58.2 Å². The molecule has 2 aliphatic rings. The number of amides is 4. The Hall–Kier alpha value is -11.5. The number of aromatic nitrogens is 4. The third kappa shape index (κ3) is 34.5. The van der Waals surface area contributed by atoms with Crippen LogP contribution in [0.1, 0.15) is 202 Å². The van der Waals surface area contributed by atoms with Gasteiger partial charge in [-0.3, -0.25) is 57.9 Å². The number of β-amino-alcohol motifs (C(OH)–C–C–N with tert-alkyl or cyclic N) is 2. The van der Waals surface area contributed by atoms with Crippen LogP contribution in [-0.2, 0) is 83.0 Å². The molecule has 7 N–H and O–H groups in total. The number of aliphatic hydroxyl groups excluding tert-OH is 2. The number of aryl methyl sites for hydroxylation is 4. The first kappa shape index (κ1) is 109. The van der Waals surface area contributed by atoms with E-state index in [1.807, 2.05) is 203 Å². The molecule has 2 aliphatic heterocycles. The first-order chi connectivity index (χ1) is 66.2. The molecule has 28 nitrogen and oxygen atoms in total. The average molecular weight is 1980 g/mol. The normalized spacial score (nSPS) is 15.5. The van der Waals surface area contributed by atoms with E-state index >= 15 is 0 Å². The lowest BCUT2D eigenvalue weighted by Crippen LogP contribution is -2.55. The molecule has 0 radical (unpaired) electrons. The van der Waals surface area contributed by atoms with Crippen molar-refractivity contribution in [1.82, 2.24) is 40.4 Å². The number of benzene rings is 6. The largest absolute Gasteiger partial charge is 0.481 e. The number of hydrogen-bond acceptors (Lipinski definition) is 25. The number of nitrogens with two attached hydrogens (primary N) is 1. The van der Waals surface area contributed by atoms with E-state index in [-0.39, 0.29) is 155 Å². The Kier molecular flexibility index (Phi) is 41.9. The summed E-state index contributed by atoms with van der Waals surface area (Å²) in [4.78, 5) is 150. The predicted octanol–water partition coefficient (Wildman–Crippen LogP) is 17.8. The van der Waals surface area contributed by atoms with Crippen LogP contribution < -0.4 is 25.8 Å². The summed E-state index contributed by atoms with van der Waals surface area (Å²) in [5.74, 6) is -0.966. The maximum Gasteiger partial charge on any atom is 0.305 e. The number of nitrogens with one attached hydrogen (secondary N) is 2. The fourth-order valence-electron chi connectivity index (χ4n) is 15.7. The highest BCUT2D eigenvalue weighted by Gasteiger charge is 2.46. The van der Waals surface area contributed by atoms with Gasteiger partial charge in [0.05, 0.1) is 109 Å². The summed E-state index contributed by atoms with van der Waals surface area (Å²) in [6, 6.07) is 45.4. The highest BCUT2D eigenvalue weighted by atomic mass is 35.5. The molecule has 8 atom stereocenters. The molecule has 6 heterocycles. The van der Waals surface area contributed by atoms with E-state index in [1.165, 1.54) is 22.2 Å². The minimum atomic E-state index is -0.903. The number of aliphatic hydroxyl groups is 2. The van der Waals surface area contributed by atoms with Crippen LogP contribution in [0.5, 0.6) is 23.0 Å². The molecule has 0 unspecified atom stereocenters. The van der Waals surface area contributed by atoms with E-state index in [2.05, 4.69) is 30.6 Å². The second-order valence-electron chi connectivity index (χ2n) is 37.1. The Morgan fingerprint density at radius 2 is 0.835 bits per heavy atom. The van der Waals surface area contributed by atoms with E-state index in [0.29, 0.717) is 104 Å². The molecule has 139 heavy (non-hydrogen) atoms. The van der Waals surface area contributed by atoms with E-state index < -0.39 is 53.1 Å². The van der Waals surface area contributed by atoms with Crippen LogP contribution in [0.25, 0.3) is 20.9 Å². The van der Waals surface area contributed by atoms with Gasteiger partial charge in [-0.15, -0.1) is 22.7 Å². The summed E-state index contributed by atoms with van der Waals surface area (Å²) in [7, 11) is 0. The van der Waals surface area contributed by atoms with Crippen LogP contribution in [0.15, 0.2) is 181 Å². The number of halogens is 2. The topological polar surface area (TPSA) is 395 Å². The lowest BCUT2D eigenvalue weighted by Gasteiger charge is -2.35. The Morgan fingerprint density at radius 3 is 1.21 bits per heavy atom. The van der Waals surface area contributed by atoms with Gasteiger partial charge >= 0.3 is 5.97 Å². The Bertz CT molecular complexity index is 5810. The number of hydrogen-bond donors (Lipinski definition) is 6. The fourth-order valence-corrected chi connectivity index (χ4v) is 17.6. The molecule has 2 saturated heterocycles. The molecular formula is C107H127Cl2N9O19S2. The van der Waals surface area contributed by atoms with Gasteiger partial charge in [0.25, 0.3) is 0 Å². The molecule has 4 amide bonds. The quantitative estimate of drug-likeness (QED) is 0.0152. The van der Waals surface area contributed by atoms with Gasteiger partial charge in [0, 0.05) is 131 Å². The summed E-state index contributed by atoms with van der Waals surface area (Å²) >= 11 is 15.3. The number of carboxylic acid groups (broad SMARTS) is 1. The van der Waals surface area contributed by atoms with Crippen molar-refractivity contribution in [2.75, 3.05) is 65.9 Å². The van der Waals surface area contributed by atoms with Crippen LogP contribution >= 0.6 is 45.9 Å². The van der Waals surface area contributed by atoms with Crippen molar-refractivity contribution in [1.29, 1.82) is 0 Å². The van der Waals surface area contributed by atoms with E-state index in [4.69, 9.17) is 62.5 Å². The first-order valence-electron chi connectivity index (χ1n) is 46.7. The maximum atomic E-state index is 14.1. The highest BCUT2D eigenvalue weighted by molar-refractivity contribution is 7.13. The third-order valence-corrected chi connectivity index (χ3v) is 26.6. The van der Waals surface area contributed by atoms with Gasteiger partial charge in [-0.05, 0) is 169 Å². The zero-order valence-electron chi connectivity index (χ0n) is 80.9. The van der Waals surface area contributed by atoms with Crippen LogP contribution in [-0.4, -0.2) is 200 Å². The molecule has 32 heteroatoms. The molecule has 12 rings (SSSR count). The number of aliphatic carboxylic acids is 1. The first-order valence-corrected chi connectivity index (χ1v) is 49.2. The van der Waals surface area contributed by atoms with Crippen molar-refractivity contribution in [3.8, 4) is 43.9 Å². The van der Waals surface area contributed by atoms with Crippen LogP contribution in [0, 0.1) is 44.4 Å². The molecule has 10 aromatic rings. The summed E-state index contributed by atoms with van der Waals surface area (Å²) in [5, 5.41) is 36.7. The number of Topliss-reactive ketones (excluding diaryl/α,β-unsaturated/α-hetero) is 5. The molecule has 0 spiro atoms. The summed E-state index contributed by atoms with van der Waals surface area (Å²) < 4.78 is 33.8. The molecule has 0 bridgehead atoms. The predicted molar refractivity (Wildman–Crippen MR) is 536 cm³/mol. The van der Waals surface area contributed by atoms with Gasteiger partial charge in [0.1, 0.15) is 63.8 Å². The molecule has 0 aliphatic carbocycles. The van der Waals surface area contributed by atoms with Crippen molar-refractivity contribution in [3.63, 3.8) is 0 Å². The van der Waals surface area contributed by atoms with Crippen molar-refractivity contribution in [2.24, 2.45) is 22.5 Å². The highest BCUT2D eigenvalue weighted by Crippen LogP contribution is 2.37. The zero-order valence-corrected chi connectivity index (χ0v) is 84.1. The minimum absolute atomic E-state index is 0.0152. The monoisotopic (exact) mass is 1980 g/mol. The van der Waals surface area contributed by atoms with Gasteiger partial charge < -0.3 is 69.9 Å². The smallest absolute Gasteiger partial charge is 0.305 e. The lowest BCUT2D eigenvalue weighted by molar-refractivity contribution is -0.146. The molecule has 0 saturated carbocycles. The van der Waals surface area contributed by atoms with Gasteiger partial charge in [-0.2, -0.15) is 0 Å². The number of ether oxygens (including phenoxy) is 6. The second-order valence-corrected chi connectivity index (χ2v) is 39.7. The van der Waals surface area contributed by atoms with Crippen molar-refractivity contribution < 1.29 is 91.7 Å². The number of pyridine rings is 2. The molecule has 4 aromatic heterocycles. The van der Waals surface area contributed by atoms with Gasteiger partial charge in [-0.25, -0.2) is 9.97 Å². The fraction of sp³-hybridized carbons (Fsp3) is 0.421. The maximum absolute atomic E-state index is 14.1. The van der Waals surface area contributed by atoms with Crippen LogP contribution in [0.4, 0.5) is 0 Å². The van der Waals surface area contributed by atoms with E-state index in [1.54, 1.807) is 71.2 Å². The number of rotatable bonds is 46. The summed E-state index contributed by atoms with van der Waals surface area (Å²) in [5.41, 5.74) is 20.8. The SMILES string of the molecule is Cc1cc(CC(=O)Cc2ccc(Oc3ccnc(C(=O)CCCOCCOCCC(=O)C[C@H](C(=O)N4C[C@H](O)C[C@@H]4C(=O)N[C@@H](C)c4ccc(-c5scnc5C)cc4)C(C)(C)C)c3)cc2)ccc1Cl.Cc1cc(CC(=O)Cc2ccc(Oc3ccnc(C(=O)CCCOCCOCCC(=O)O)c3)cc2)ccc1Cl.Cc1ncsc1-c1ccc([C@H](C)NC(=O)[C@@H]2C[C@@H](O)CN2C(=O)[C@H](N)C(C)(C)C)cc1. The molecule has 2 fully saturated rings. The summed E-state index contributed by atoms with van der Waals surface area (Å²) in [6.07, 6.45) is 4.61. The molecule has 6 aromatic carbocycles. The Balaban J connectivity index is 0.000000239. The number of carboxylic acids is 1. The standard InChI is InChI=1S/C54H63ClN4O9S.C30H32ClNO7.C23H32N4O3S/c1-34-26-38(11-18-47(34)55)28-42(61)27-37-9-16-44(17-10-37)68-45-19-21-56-48(31-45)50(63)8-7-22-66-24-25-67-23-20-41(60)29-46(54(4,5)6)53(65)59-32-43(62)30-49(59)52(64)58-35(2)39-12-14-40(15-13-39)51-36(3)57-33-69-51;1-21-17-23(6-9-27(21)31)19-24(33)18-22-4-7-25(8-5-22)39-26-10-12-32-28(20-26)29(34)3-2-13-37-15-16-38-14-11-30(35)36;1-13(15-6-8-16(9-7-15)19-14(2)25-12-31-19)26-21(29)18-10-17(28)11-27(18)22(30)20(24)23(3,4)5/h9-19,21,26,31,33,35,43,46,49,62H,7-8,20,22-25,27-30,32H2,1-6H3,(H,58,64);4-10,12,17,20H,2-3,11,13-16,18-19H2,1H3,(H,35,36);6-9,12-13,17-18,20,28H,10-11,24H2,1-5H3,(H,26,29)/t35-,43+,46+,49+;;13-,17+,18-,20-/m0.0/s1.